The highest BCUT2D eigenvalue weighted by atomic mass is 35.5. The van der Waals surface area contributed by atoms with Crippen molar-refractivity contribution in [1.29, 1.82) is 0 Å². The predicted molar refractivity (Wildman–Crippen MR) is 108 cm³/mol. The number of nitrogens with one attached hydrogen (secondary N) is 1. The summed E-state index contributed by atoms with van der Waals surface area (Å²) in [7, 11) is -3.68. The van der Waals surface area contributed by atoms with Gasteiger partial charge in [-0.05, 0) is 43.7 Å². The Kier molecular flexibility index (Phi) is 7.10. The maximum absolute atomic E-state index is 12.5. The number of benzene rings is 2. The van der Waals surface area contributed by atoms with E-state index in [1.54, 1.807) is 18.2 Å². The van der Waals surface area contributed by atoms with Gasteiger partial charge in [0.25, 0.3) is 0 Å². The number of halogens is 1. The highest BCUT2D eigenvalue weighted by Gasteiger charge is 2.29. The maximum Gasteiger partial charge on any atom is 0.243 e. The number of para-hydroxylation sites is 1. The highest BCUT2D eigenvalue weighted by molar-refractivity contribution is 7.92. The van der Waals surface area contributed by atoms with Crippen molar-refractivity contribution in [3.05, 3.63) is 59.1 Å². The molecule has 146 valence electrons. The molecule has 0 fully saturated rings. The van der Waals surface area contributed by atoms with Crippen LogP contribution in [0.25, 0.3) is 0 Å². The first-order valence-corrected chi connectivity index (χ1v) is 10.6. The molecule has 27 heavy (non-hydrogen) atoms. The molecule has 8 heteroatoms. The van der Waals surface area contributed by atoms with Crippen LogP contribution in [0.5, 0.6) is 5.75 Å². The van der Waals surface area contributed by atoms with Crippen molar-refractivity contribution in [1.82, 2.24) is 5.32 Å². The Hall–Kier alpha value is -2.25. The summed E-state index contributed by atoms with van der Waals surface area (Å²) in [6.07, 6.45) is 1.05. The monoisotopic (exact) mass is 410 g/mol. The summed E-state index contributed by atoms with van der Waals surface area (Å²) in [5.41, 5.74) is 1.34. The van der Waals surface area contributed by atoms with Crippen molar-refractivity contribution in [3.8, 4) is 5.75 Å². The topological polar surface area (TPSA) is 75.7 Å². The quantitative estimate of drug-likeness (QED) is 0.679. The Morgan fingerprint density at radius 2 is 1.93 bits per heavy atom. The van der Waals surface area contributed by atoms with Crippen LogP contribution in [0.15, 0.2) is 48.5 Å². The number of sulfonamides is 1. The van der Waals surface area contributed by atoms with Crippen LogP contribution in [0.2, 0.25) is 5.02 Å². The molecule has 0 spiro atoms. The van der Waals surface area contributed by atoms with E-state index < -0.39 is 22.0 Å². The molecule has 0 aromatic heterocycles. The first-order chi connectivity index (χ1) is 12.7. The van der Waals surface area contributed by atoms with Crippen LogP contribution < -0.4 is 14.4 Å². The fourth-order valence-electron chi connectivity index (χ4n) is 2.62. The second kappa shape index (κ2) is 9.10. The van der Waals surface area contributed by atoms with E-state index >= 15 is 0 Å². The van der Waals surface area contributed by atoms with Gasteiger partial charge in [0.05, 0.1) is 18.5 Å². The lowest BCUT2D eigenvalue weighted by atomic mass is 10.2. The molecule has 0 unspecified atom stereocenters. The second-order valence-electron chi connectivity index (χ2n) is 6.12. The molecule has 1 N–H and O–H groups in total. The molecule has 2 aromatic carbocycles. The molecule has 1 amide bonds. The number of amides is 1. The normalized spacial score (nSPS) is 12.3. The fraction of sp³-hybridized carbons (Fsp3) is 0.316. The summed E-state index contributed by atoms with van der Waals surface area (Å²) in [5.74, 6) is 0.324. The van der Waals surface area contributed by atoms with Crippen molar-refractivity contribution in [2.24, 2.45) is 0 Å². The average Bonchev–Trinajstić information content (AvgIpc) is 2.59. The third-order valence-corrected chi connectivity index (χ3v) is 5.38. The molecule has 1 atom stereocenters. The van der Waals surface area contributed by atoms with E-state index in [1.807, 2.05) is 31.2 Å². The van der Waals surface area contributed by atoms with Crippen molar-refractivity contribution in [2.75, 3.05) is 23.7 Å². The maximum atomic E-state index is 12.5. The zero-order valence-corrected chi connectivity index (χ0v) is 17.0. The van der Waals surface area contributed by atoms with Crippen LogP contribution in [0.3, 0.4) is 0 Å². The van der Waals surface area contributed by atoms with Gasteiger partial charge in [-0.1, -0.05) is 35.9 Å². The number of ether oxygens (including phenoxy) is 1. The molecule has 2 rings (SSSR count). The molecule has 6 nitrogen and oxygen atoms in total. The minimum atomic E-state index is -3.68. The lowest BCUT2D eigenvalue weighted by Gasteiger charge is -2.28. The Balaban J connectivity index is 2.00. The molecule has 0 bridgehead atoms. The highest BCUT2D eigenvalue weighted by Crippen LogP contribution is 2.24. The third kappa shape index (κ3) is 5.87. The largest absolute Gasteiger partial charge is 0.491 e. The molecule has 2 aromatic rings. The number of anilines is 1. The van der Waals surface area contributed by atoms with Gasteiger partial charge in [-0.2, -0.15) is 0 Å². The first-order valence-electron chi connectivity index (χ1n) is 8.41. The molecular weight excluding hydrogens is 388 g/mol. The third-order valence-electron chi connectivity index (χ3n) is 3.90. The van der Waals surface area contributed by atoms with E-state index in [-0.39, 0.29) is 13.2 Å². The summed E-state index contributed by atoms with van der Waals surface area (Å²) in [5, 5.41) is 3.10. The van der Waals surface area contributed by atoms with Crippen LogP contribution in [-0.4, -0.2) is 39.8 Å². The van der Waals surface area contributed by atoms with Crippen LogP contribution in [-0.2, 0) is 14.8 Å². The lowest BCUT2D eigenvalue weighted by molar-refractivity contribution is -0.121. The van der Waals surface area contributed by atoms with Crippen LogP contribution >= 0.6 is 11.6 Å². The van der Waals surface area contributed by atoms with Gasteiger partial charge in [0.2, 0.25) is 15.9 Å². The van der Waals surface area contributed by atoms with Crippen molar-refractivity contribution in [2.45, 2.75) is 19.9 Å². The molecule has 0 saturated heterocycles. The lowest BCUT2D eigenvalue weighted by Crippen LogP contribution is -2.48. The van der Waals surface area contributed by atoms with Gasteiger partial charge in [-0.15, -0.1) is 0 Å². The average molecular weight is 411 g/mol. The van der Waals surface area contributed by atoms with Gasteiger partial charge in [0.15, 0.2) is 0 Å². The summed E-state index contributed by atoms with van der Waals surface area (Å²) < 4.78 is 31.1. The Bertz CT molecular complexity index is 902. The molecule has 0 aliphatic rings. The molecule has 0 heterocycles. The van der Waals surface area contributed by atoms with Gasteiger partial charge in [0.1, 0.15) is 18.4 Å². The molecule has 0 saturated carbocycles. The Morgan fingerprint density at radius 3 is 2.56 bits per heavy atom. The first kappa shape index (κ1) is 21.1. The second-order valence-corrected chi connectivity index (χ2v) is 8.42. The number of rotatable bonds is 8. The SMILES string of the molecule is Cc1ccccc1OCCNC(=O)[C@H](C)N(c1cccc(Cl)c1)S(C)(=O)=O. The molecule has 0 aliphatic heterocycles. The van der Waals surface area contributed by atoms with Gasteiger partial charge in [0, 0.05) is 5.02 Å². The summed E-state index contributed by atoms with van der Waals surface area (Å²) in [4.78, 5) is 12.5. The minimum absolute atomic E-state index is 0.255. The van der Waals surface area contributed by atoms with Gasteiger partial charge >= 0.3 is 0 Å². The number of aryl methyl sites for hydroxylation is 1. The summed E-state index contributed by atoms with van der Waals surface area (Å²) in [6.45, 7) is 3.99. The number of carbonyl (C=O) groups is 1. The molecular formula is C19H23ClN2O4S. The zero-order chi connectivity index (χ0) is 20.0. The Labute approximate surface area is 165 Å². The smallest absolute Gasteiger partial charge is 0.243 e. The van der Waals surface area contributed by atoms with Gasteiger partial charge in [-0.3, -0.25) is 9.10 Å². The fourth-order valence-corrected chi connectivity index (χ4v) is 3.97. The molecule has 0 radical (unpaired) electrons. The Morgan fingerprint density at radius 1 is 1.22 bits per heavy atom. The van der Waals surface area contributed by atoms with E-state index in [1.165, 1.54) is 13.0 Å². The van der Waals surface area contributed by atoms with Gasteiger partial charge < -0.3 is 10.1 Å². The van der Waals surface area contributed by atoms with Crippen molar-refractivity contribution in [3.63, 3.8) is 0 Å². The zero-order valence-electron chi connectivity index (χ0n) is 15.5. The van der Waals surface area contributed by atoms with Crippen molar-refractivity contribution < 1.29 is 17.9 Å². The van der Waals surface area contributed by atoms with E-state index in [9.17, 15) is 13.2 Å². The van der Waals surface area contributed by atoms with Crippen LogP contribution in [0, 0.1) is 6.92 Å². The van der Waals surface area contributed by atoms with E-state index in [4.69, 9.17) is 16.3 Å². The number of hydrogen-bond donors (Lipinski definition) is 1. The van der Waals surface area contributed by atoms with Crippen LogP contribution in [0.1, 0.15) is 12.5 Å². The summed E-state index contributed by atoms with van der Waals surface area (Å²) >= 11 is 5.96. The van der Waals surface area contributed by atoms with E-state index in [0.29, 0.717) is 10.7 Å². The number of hydrogen-bond acceptors (Lipinski definition) is 4. The van der Waals surface area contributed by atoms with E-state index in [0.717, 1.165) is 21.9 Å². The summed E-state index contributed by atoms with van der Waals surface area (Å²) in [6, 6.07) is 13.0. The molecule has 0 aliphatic carbocycles. The van der Waals surface area contributed by atoms with Crippen molar-refractivity contribution >= 4 is 33.2 Å². The van der Waals surface area contributed by atoms with E-state index in [2.05, 4.69) is 5.32 Å². The minimum Gasteiger partial charge on any atom is -0.491 e. The number of nitrogens with zero attached hydrogens (tertiary/aromatic N) is 1. The predicted octanol–water partition coefficient (Wildman–Crippen LogP) is 3.00. The number of carbonyl (C=O) groups excluding carboxylic acids is 1. The van der Waals surface area contributed by atoms with Gasteiger partial charge in [-0.25, -0.2) is 8.42 Å². The van der Waals surface area contributed by atoms with Crippen LogP contribution in [0.4, 0.5) is 5.69 Å². The standard InChI is InChI=1S/C19H23ClN2O4S/c1-14-7-4-5-10-18(14)26-12-11-21-19(23)15(2)22(27(3,24)25)17-9-6-8-16(20)13-17/h4-10,13,15H,11-12H2,1-3H3,(H,21,23)/t15-/m0/s1.